The fourth-order valence-corrected chi connectivity index (χ4v) is 3.63. The van der Waals surface area contributed by atoms with Crippen molar-refractivity contribution < 1.29 is 17.9 Å². The van der Waals surface area contributed by atoms with Gasteiger partial charge in [0.15, 0.2) is 6.10 Å². The van der Waals surface area contributed by atoms with Gasteiger partial charge < -0.3 is 4.74 Å². The van der Waals surface area contributed by atoms with Crippen LogP contribution in [0.5, 0.6) is 0 Å². The molecule has 3 aromatic carbocycles. The number of hydrogen-bond donors (Lipinski definition) is 0. The van der Waals surface area contributed by atoms with Crippen LogP contribution in [0, 0.1) is 0 Å². The third-order valence-electron chi connectivity index (χ3n) is 4.30. The van der Waals surface area contributed by atoms with E-state index >= 15 is 0 Å². The van der Waals surface area contributed by atoms with Gasteiger partial charge in [-0.1, -0.05) is 60.7 Å². The number of esters is 1. The number of nitrogens with zero attached hydrogens (tertiary/aromatic N) is 1. The normalized spacial score (nSPS) is 11.6. The fourth-order valence-electron chi connectivity index (χ4n) is 2.73. The van der Waals surface area contributed by atoms with Gasteiger partial charge in [-0.05, 0) is 35.4 Å². The lowest BCUT2D eigenvalue weighted by Gasteiger charge is -2.19. The smallest absolute Gasteiger partial charge is 0.339 e. The summed E-state index contributed by atoms with van der Waals surface area (Å²) in [4.78, 5) is 12.8. The summed E-state index contributed by atoms with van der Waals surface area (Å²) >= 11 is 0. The van der Waals surface area contributed by atoms with Crippen molar-refractivity contribution in [1.82, 2.24) is 4.31 Å². The summed E-state index contributed by atoms with van der Waals surface area (Å²) in [6.07, 6.45) is -0.555. The van der Waals surface area contributed by atoms with Crippen molar-refractivity contribution >= 4 is 16.0 Å². The summed E-state index contributed by atoms with van der Waals surface area (Å²) in [5.41, 5.74) is 2.00. The van der Waals surface area contributed by atoms with Crippen LogP contribution in [-0.4, -0.2) is 32.8 Å². The number of hydrogen-bond acceptors (Lipinski definition) is 4. The number of carbonyl (C=O) groups is 1. The molecule has 6 heteroatoms. The highest BCUT2D eigenvalue weighted by Crippen LogP contribution is 2.27. The third kappa shape index (κ3) is 4.30. The molecule has 0 saturated heterocycles. The van der Waals surface area contributed by atoms with Crippen molar-refractivity contribution in [3.8, 4) is 0 Å². The monoisotopic (exact) mass is 395 g/mol. The van der Waals surface area contributed by atoms with Crippen LogP contribution in [0.3, 0.4) is 0 Å². The molecule has 0 aliphatic heterocycles. The van der Waals surface area contributed by atoms with E-state index in [1.807, 2.05) is 60.7 Å². The Morgan fingerprint density at radius 1 is 0.786 bits per heavy atom. The Morgan fingerprint density at radius 3 is 1.68 bits per heavy atom. The lowest BCUT2D eigenvalue weighted by atomic mass is 10.0. The lowest BCUT2D eigenvalue weighted by Crippen LogP contribution is -2.22. The molecular formula is C22H21NO4S. The topological polar surface area (TPSA) is 63.7 Å². The molecule has 0 radical (unpaired) electrons. The van der Waals surface area contributed by atoms with Crippen molar-refractivity contribution in [2.75, 3.05) is 14.1 Å². The van der Waals surface area contributed by atoms with Crippen molar-refractivity contribution in [3.05, 3.63) is 102 Å². The van der Waals surface area contributed by atoms with Crippen molar-refractivity contribution in [3.63, 3.8) is 0 Å². The van der Waals surface area contributed by atoms with Gasteiger partial charge in [0.1, 0.15) is 0 Å². The predicted molar refractivity (Wildman–Crippen MR) is 107 cm³/mol. The van der Waals surface area contributed by atoms with Gasteiger partial charge in [0.25, 0.3) is 0 Å². The Kier molecular flexibility index (Phi) is 5.92. The van der Waals surface area contributed by atoms with Crippen molar-refractivity contribution in [2.24, 2.45) is 0 Å². The van der Waals surface area contributed by atoms with E-state index in [1.54, 1.807) is 0 Å². The molecule has 3 aromatic rings. The minimum absolute atomic E-state index is 0.122. The molecule has 0 unspecified atom stereocenters. The molecule has 0 spiro atoms. The molecule has 0 amide bonds. The van der Waals surface area contributed by atoms with Crippen LogP contribution in [0.1, 0.15) is 27.6 Å². The Labute approximate surface area is 165 Å². The highest BCUT2D eigenvalue weighted by atomic mass is 32.2. The maximum Gasteiger partial charge on any atom is 0.339 e. The molecule has 0 aromatic heterocycles. The quantitative estimate of drug-likeness (QED) is 0.594. The maximum atomic E-state index is 12.7. The molecule has 5 nitrogen and oxygen atoms in total. The Bertz CT molecular complexity index is 991. The van der Waals surface area contributed by atoms with Gasteiger partial charge >= 0.3 is 5.97 Å². The molecule has 0 atom stereocenters. The first-order chi connectivity index (χ1) is 13.4. The maximum absolute atomic E-state index is 12.7. The molecular weight excluding hydrogens is 374 g/mol. The summed E-state index contributed by atoms with van der Waals surface area (Å²) in [5, 5.41) is 0. The number of sulfonamides is 1. The standard InChI is InChI=1S/C22H21NO4S/c1-23(2)28(25,26)20-15-13-19(14-16-20)22(24)27-21(17-9-5-3-6-10-17)18-11-7-4-8-12-18/h3-16,21H,1-2H3. The van der Waals surface area contributed by atoms with Gasteiger partial charge in [-0.2, -0.15) is 0 Å². The predicted octanol–water partition coefficient (Wildman–Crippen LogP) is 3.88. The van der Waals surface area contributed by atoms with E-state index in [4.69, 9.17) is 4.74 Å². The first-order valence-electron chi connectivity index (χ1n) is 8.73. The minimum Gasteiger partial charge on any atom is -0.449 e. The van der Waals surface area contributed by atoms with Crippen LogP contribution in [0.2, 0.25) is 0 Å². The van der Waals surface area contributed by atoms with Crippen LogP contribution in [0.25, 0.3) is 0 Å². The molecule has 28 heavy (non-hydrogen) atoms. The minimum atomic E-state index is -3.55. The summed E-state index contributed by atoms with van der Waals surface area (Å²) in [6, 6.07) is 24.7. The summed E-state index contributed by atoms with van der Waals surface area (Å²) in [7, 11) is -0.627. The van der Waals surface area contributed by atoms with Crippen LogP contribution in [0.4, 0.5) is 0 Å². The van der Waals surface area contributed by atoms with E-state index < -0.39 is 22.1 Å². The molecule has 0 heterocycles. The van der Waals surface area contributed by atoms with Crippen molar-refractivity contribution in [2.45, 2.75) is 11.0 Å². The zero-order valence-electron chi connectivity index (χ0n) is 15.6. The van der Waals surface area contributed by atoms with Gasteiger partial charge in [-0.3, -0.25) is 0 Å². The SMILES string of the molecule is CN(C)S(=O)(=O)c1ccc(C(=O)OC(c2ccccc2)c2ccccc2)cc1. The highest BCUT2D eigenvalue weighted by Gasteiger charge is 2.21. The van der Waals surface area contributed by atoms with Crippen LogP contribution in [-0.2, 0) is 14.8 Å². The molecule has 144 valence electrons. The summed E-state index contributed by atoms with van der Waals surface area (Å²) in [6.45, 7) is 0. The fraction of sp³-hybridized carbons (Fsp3) is 0.136. The van der Waals surface area contributed by atoms with Gasteiger partial charge in [0.05, 0.1) is 10.5 Å². The van der Waals surface area contributed by atoms with Crippen LogP contribution in [0.15, 0.2) is 89.8 Å². The van der Waals surface area contributed by atoms with Crippen LogP contribution >= 0.6 is 0 Å². The van der Waals surface area contributed by atoms with E-state index in [2.05, 4.69) is 0 Å². The average Bonchev–Trinajstić information content (AvgIpc) is 2.73. The molecule has 3 rings (SSSR count). The Hall–Kier alpha value is -2.96. The molecule has 0 aliphatic rings. The first kappa shape index (κ1) is 19.8. The largest absolute Gasteiger partial charge is 0.449 e. The number of rotatable bonds is 6. The number of benzene rings is 3. The first-order valence-corrected chi connectivity index (χ1v) is 10.2. The second-order valence-electron chi connectivity index (χ2n) is 6.42. The number of ether oxygens (including phenoxy) is 1. The summed E-state index contributed by atoms with van der Waals surface area (Å²) < 4.78 is 31.3. The summed E-state index contributed by atoms with van der Waals surface area (Å²) in [5.74, 6) is -0.522. The zero-order valence-corrected chi connectivity index (χ0v) is 16.5. The van der Waals surface area contributed by atoms with Crippen LogP contribution < -0.4 is 0 Å². The second kappa shape index (κ2) is 8.37. The van der Waals surface area contributed by atoms with Gasteiger partial charge in [0, 0.05) is 14.1 Å². The number of carbonyl (C=O) groups excluding carboxylic acids is 1. The Morgan fingerprint density at radius 2 is 1.25 bits per heavy atom. The van der Waals surface area contributed by atoms with E-state index in [0.717, 1.165) is 15.4 Å². The average molecular weight is 395 g/mol. The van der Waals surface area contributed by atoms with E-state index in [-0.39, 0.29) is 10.5 Å². The van der Waals surface area contributed by atoms with E-state index in [1.165, 1.54) is 38.4 Å². The van der Waals surface area contributed by atoms with Gasteiger partial charge in [-0.15, -0.1) is 0 Å². The molecule has 0 bridgehead atoms. The van der Waals surface area contributed by atoms with E-state index in [0.29, 0.717) is 0 Å². The molecule has 0 aliphatic carbocycles. The van der Waals surface area contributed by atoms with Gasteiger partial charge in [-0.25, -0.2) is 17.5 Å². The van der Waals surface area contributed by atoms with Crippen molar-refractivity contribution in [1.29, 1.82) is 0 Å². The van der Waals surface area contributed by atoms with Gasteiger partial charge in [0.2, 0.25) is 10.0 Å². The van der Waals surface area contributed by atoms with E-state index in [9.17, 15) is 13.2 Å². The molecule has 0 fully saturated rings. The highest BCUT2D eigenvalue weighted by molar-refractivity contribution is 7.89. The third-order valence-corrected chi connectivity index (χ3v) is 6.13. The molecule has 0 saturated carbocycles. The second-order valence-corrected chi connectivity index (χ2v) is 8.57. The zero-order chi connectivity index (χ0) is 20.1. The Balaban J connectivity index is 1.87. The molecule has 0 N–H and O–H groups in total. The lowest BCUT2D eigenvalue weighted by molar-refractivity contribution is 0.0378.